The molecular weight excluding hydrogens is 260 g/mol. The first-order valence-electron chi connectivity index (χ1n) is 5.95. The minimum atomic E-state index is -0.282. The lowest BCUT2D eigenvalue weighted by atomic mass is 10.2. The molecule has 0 atom stereocenters. The van der Waals surface area contributed by atoms with Crippen LogP contribution in [-0.4, -0.2) is 6.03 Å². The van der Waals surface area contributed by atoms with Gasteiger partial charge in [0.2, 0.25) is 0 Å². The van der Waals surface area contributed by atoms with Gasteiger partial charge in [-0.2, -0.15) is 0 Å². The summed E-state index contributed by atoms with van der Waals surface area (Å²) in [6, 6.07) is 12.7. The number of carbonyl (C=O) groups excluding carboxylic acids is 1. The van der Waals surface area contributed by atoms with Crippen LogP contribution in [0.25, 0.3) is 0 Å². The van der Waals surface area contributed by atoms with Gasteiger partial charge in [0, 0.05) is 16.4 Å². The maximum absolute atomic E-state index is 11.9. The highest BCUT2D eigenvalue weighted by molar-refractivity contribution is 6.31. The third-order valence-electron chi connectivity index (χ3n) is 2.72. The molecular formula is C15H15ClN2O. The van der Waals surface area contributed by atoms with E-state index in [1.54, 1.807) is 12.1 Å². The van der Waals surface area contributed by atoms with Crippen molar-refractivity contribution in [1.29, 1.82) is 0 Å². The average molecular weight is 275 g/mol. The lowest BCUT2D eigenvalue weighted by molar-refractivity contribution is 0.262. The molecule has 2 rings (SSSR count). The number of anilines is 2. The average Bonchev–Trinajstić information content (AvgIpc) is 2.34. The highest BCUT2D eigenvalue weighted by Crippen LogP contribution is 2.20. The Morgan fingerprint density at radius 3 is 2.58 bits per heavy atom. The highest BCUT2D eigenvalue weighted by Gasteiger charge is 2.05. The maximum atomic E-state index is 11.9. The van der Waals surface area contributed by atoms with Crippen LogP contribution in [0.1, 0.15) is 11.1 Å². The molecule has 0 spiro atoms. The van der Waals surface area contributed by atoms with Crippen molar-refractivity contribution in [1.82, 2.24) is 0 Å². The summed E-state index contributed by atoms with van der Waals surface area (Å²) in [6.45, 7) is 3.89. The molecule has 98 valence electrons. The van der Waals surface area contributed by atoms with Crippen molar-refractivity contribution >= 4 is 29.0 Å². The minimum absolute atomic E-state index is 0.282. The molecule has 0 unspecified atom stereocenters. The Morgan fingerprint density at radius 2 is 1.84 bits per heavy atom. The first-order chi connectivity index (χ1) is 9.04. The van der Waals surface area contributed by atoms with Crippen molar-refractivity contribution in [2.24, 2.45) is 0 Å². The molecule has 2 aromatic carbocycles. The summed E-state index contributed by atoms with van der Waals surface area (Å²) in [6.07, 6.45) is 0. The second-order valence-corrected chi connectivity index (χ2v) is 4.84. The zero-order valence-electron chi connectivity index (χ0n) is 10.8. The van der Waals surface area contributed by atoms with Gasteiger partial charge in [-0.15, -0.1) is 0 Å². The van der Waals surface area contributed by atoms with Gasteiger partial charge in [0.15, 0.2) is 0 Å². The van der Waals surface area contributed by atoms with E-state index in [0.29, 0.717) is 10.7 Å². The normalized spacial score (nSPS) is 10.1. The quantitative estimate of drug-likeness (QED) is 0.825. The van der Waals surface area contributed by atoms with Crippen LogP contribution in [0, 0.1) is 13.8 Å². The summed E-state index contributed by atoms with van der Waals surface area (Å²) in [4.78, 5) is 11.9. The Morgan fingerprint density at radius 1 is 1.05 bits per heavy atom. The van der Waals surface area contributed by atoms with Crippen LogP contribution in [0.4, 0.5) is 16.2 Å². The van der Waals surface area contributed by atoms with Crippen molar-refractivity contribution in [2.45, 2.75) is 13.8 Å². The number of amides is 2. The van der Waals surface area contributed by atoms with Gasteiger partial charge in [-0.3, -0.25) is 0 Å². The minimum Gasteiger partial charge on any atom is -0.308 e. The SMILES string of the molecule is Cc1cccc(NC(=O)Nc2cc(Cl)ccc2C)c1. The van der Waals surface area contributed by atoms with Crippen molar-refractivity contribution in [2.75, 3.05) is 10.6 Å². The first-order valence-corrected chi connectivity index (χ1v) is 6.33. The number of hydrogen-bond donors (Lipinski definition) is 2. The van der Waals surface area contributed by atoms with Crippen molar-refractivity contribution in [3.05, 3.63) is 58.6 Å². The summed E-state index contributed by atoms with van der Waals surface area (Å²) in [7, 11) is 0. The number of rotatable bonds is 2. The molecule has 0 fully saturated rings. The van der Waals surface area contributed by atoms with Gasteiger partial charge in [0.05, 0.1) is 0 Å². The molecule has 2 N–H and O–H groups in total. The summed E-state index contributed by atoms with van der Waals surface area (Å²) in [5, 5.41) is 6.16. The Labute approximate surface area is 117 Å². The molecule has 0 aliphatic carbocycles. The van der Waals surface area contributed by atoms with Gasteiger partial charge in [0.25, 0.3) is 0 Å². The van der Waals surface area contributed by atoms with Crippen LogP contribution in [-0.2, 0) is 0 Å². The van der Waals surface area contributed by atoms with Crippen molar-refractivity contribution in [3.63, 3.8) is 0 Å². The molecule has 0 saturated carbocycles. The fourth-order valence-electron chi connectivity index (χ4n) is 1.74. The van der Waals surface area contributed by atoms with E-state index >= 15 is 0 Å². The summed E-state index contributed by atoms with van der Waals surface area (Å²) in [5.41, 5.74) is 3.52. The van der Waals surface area contributed by atoms with E-state index in [-0.39, 0.29) is 6.03 Å². The molecule has 0 bridgehead atoms. The largest absolute Gasteiger partial charge is 0.323 e. The third kappa shape index (κ3) is 3.73. The molecule has 19 heavy (non-hydrogen) atoms. The van der Waals surface area contributed by atoms with E-state index < -0.39 is 0 Å². The standard InChI is InChI=1S/C15H15ClN2O/c1-10-4-3-5-13(8-10)17-15(19)18-14-9-12(16)7-6-11(14)2/h3-9H,1-2H3,(H2,17,18,19). The number of hydrogen-bond acceptors (Lipinski definition) is 1. The van der Waals surface area contributed by atoms with E-state index in [0.717, 1.165) is 16.8 Å². The number of urea groups is 1. The Hall–Kier alpha value is -2.00. The second-order valence-electron chi connectivity index (χ2n) is 4.41. The Bertz CT molecular complexity index is 611. The number of benzene rings is 2. The van der Waals surface area contributed by atoms with Gasteiger partial charge >= 0.3 is 6.03 Å². The molecule has 0 radical (unpaired) electrons. The van der Waals surface area contributed by atoms with E-state index in [2.05, 4.69) is 10.6 Å². The van der Waals surface area contributed by atoms with E-state index in [4.69, 9.17) is 11.6 Å². The van der Waals surface area contributed by atoms with Crippen LogP contribution >= 0.6 is 11.6 Å². The molecule has 2 amide bonds. The molecule has 3 nitrogen and oxygen atoms in total. The van der Waals surface area contributed by atoms with Gasteiger partial charge < -0.3 is 10.6 Å². The Balaban J connectivity index is 2.07. The third-order valence-corrected chi connectivity index (χ3v) is 2.96. The highest BCUT2D eigenvalue weighted by atomic mass is 35.5. The van der Waals surface area contributed by atoms with Crippen molar-refractivity contribution in [3.8, 4) is 0 Å². The van der Waals surface area contributed by atoms with Gasteiger partial charge in [0.1, 0.15) is 0 Å². The molecule has 2 aromatic rings. The lowest BCUT2D eigenvalue weighted by Crippen LogP contribution is -2.19. The van der Waals surface area contributed by atoms with Gasteiger partial charge in [-0.25, -0.2) is 4.79 Å². The molecule has 0 heterocycles. The zero-order chi connectivity index (χ0) is 13.8. The lowest BCUT2D eigenvalue weighted by Gasteiger charge is -2.10. The number of carbonyl (C=O) groups is 1. The van der Waals surface area contributed by atoms with E-state index in [9.17, 15) is 4.79 Å². The second kappa shape index (κ2) is 5.76. The Kier molecular flexibility index (Phi) is 4.07. The summed E-state index contributed by atoms with van der Waals surface area (Å²) in [5.74, 6) is 0. The van der Waals surface area contributed by atoms with Gasteiger partial charge in [-0.05, 0) is 49.2 Å². The molecule has 4 heteroatoms. The molecule has 0 aliphatic rings. The van der Waals surface area contributed by atoms with E-state index in [1.165, 1.54) is 0 Å². The van der Waals surface area contributed by atoms with Crippen LogP contribution < -0.4 is 10.6 Å². The summed E-state index contributed by atoms with van der Waals surface area (Å²) >= 11 is 5.91. The zero-order valence-corrected chi connectivity index (χ0v) is 11.6. The molecule has 0 aliphatic heterocycles. The molecule has 0 aromatic heterocycles. The predicted octanol–water partition coefficient (Wildman–Crippen LogP) is 4.60. The number of nitrogens with one attached hydrogen (secondary N) is 2. The van der Waals surface area contributed by atoms with Crippen molar-refractivity contribution < 1.29 is 4.79 Å². The predicted molar refractivity (Wildman–Crippen MR) is 80.0 cm³/mol. The smallest absolute Gasteiger partial charge is 0.308 e. The molecule has 0 saturated heterocycles. The van der Waals surface area contributed by atoms with Crippen LogP contribution in [0.2, 0.25) is 5.02 Å². The van der Waals surface area contributed by atoms with Crippen LogP contribution in [0.15, 0.2) is 42.5 Å². The van der Waals surface area contributed by atoms with E-state index in [1.807, 2.05) is 44.2 Å². The topological polar surface area (TPSA) is 41.1 Å². The maximum Gasteiger partial charge on any atom is 0.323 e. The fourth-order valence-corrected chi connectivity index (χ4v) is 1.91. The first kappa shape index (κ1) is 13.4. The van der Waals surface area contributed by atoms with Crippen LogP contribution in [0.3, 0.4) is 0 Å². The monoisotopic (exact) mass is 274 g/mol. The van der Waals surface area contributed by atoms with Crippen LogP contribution in [0.5, 0.6) is 0 Å². The number of halogens is 1. The fraction of sp³-hybridized carbons (Fsp3) is 0.133. The van der Waals surface area contributed by atoms with Gasteiger partial charge in [-0.1, -0.05) is 29.8 Å². The number of aryl methyl sites for hydroxylation is 2. The summed E-state index contributed by atoms with van der Waals surface area (Å²) < 4.78 is 0.